The second kappa shape index (κ2) is 8.76. The monoisotopic (exact) mass is 184 g/mol. The molecule has 48 valence electrons. The van der Waals surface area contributed by atoms with E-state index in [1.807, 2.05) is 6.92 Å². The van der Waals surface area contributed by atoms with E-state index in [2.05, 4.69) is 3.97 Å². The zero-order valence-electron chi connectivity index (χ0n) is 3.88. The molecule has 0 aromatic carbocycles. The van der Waals surface area contributed by atoms with E-state index in [1.165, 1.54) is 0 Å². The number of rotatable bonds is 3. The standard InChI is InChI=1S/C2H7O3PS.Ca.2H/c1-2-7-5-6(3)4;;;/h6H,2H2,1H3,(H,3,4);;;. The van der Waals surface area contributed by atoms with Gasteiger partial charge in [-0.05, 0) is 0 Å². The summed E-state index contributed by atoms with van der Waals surface area (Å²) in [5, 5.41) is 0. The van der Waals surface area contributed by atoms with Crippen molar-refractivity contribution in [2.45, 2.75) is 6.92 Å². The zero-order valence-corrected chi connectivity index (χ0v) is 5.70. The molecule has 8 heavy (non-hydrogen) atoms. The molecule has 1 atom stereocenters. The molecule has 0 aliphatic carbocycles. The summed E-state index contributed by atoms with van der Waals surface area (Å²) >= 11 is 0.999. The van der Waals surface area contributed by atoms with Crippen molar-refractivity contribution in [1.29, 1.82) is 0 Å². The van der Waals surface area contributed by atoms with Gasteiger partial charge in [-0.25, -0.2) is 3.97 Å². The van der Waals surface area contributed by atoms with Crippen molar-refractivity contribution in [3.8, 4) is 0 Å². The fourth-order valence-electron chi connectivity index (χ4n) is 0.109. The molecule has 0 amide bonds. The second-order valence-corrected chi connectivity index (χ2v) is 2.77. The first-order valence-corrected chi connectivity index (χ1v) is 3.97. The second-order valence-electron chi connectivity index (χ2n) is 0.756. The van der Waals surface area contributed by atoms with Gasteiger partial charge in [0.25, 0.3) is 0 Å². The van der Waals surface area contributed by atoms with E-state index in [-0.39, 0.29) is 37.7 Å². The number of hydrogen-bond acceptors (Lipinski definition) is 3. The van der Waals surface area contributed by atoms with Gasteiger partial charge in [0.2, 0.25) is 0 Å². The van der Waals surface area contributed by atoms with E-state index in [4.69, 9.17) is 4.89 Å². The Kier molecular flexibility index (Phi) is 13.6. The van der Waals surface area contributed by atoms with Crippen LogP contribution in [0, 0.1) is 0 Å². The van der Waals surface area contributed by atoms with E-state index >= 15 is 0 Å². The summed E-state index contributed by atoms with van der Waals surface area (Å²) in [4.78, 5) is 7.99. The summed E-state index contributed by atoms with van der Waals surface area (Å²) in [5.74, 6) is 0.705. The SMILES string of the molecule is CCSO[PH](=O)O.[CaH2]. The maximum atomic E-state index is 9.70. The molecule has 0 aromatic heterocycles. The Labute approximate surface area is 83.3 Å². The van der Waals surface area contributed by atoms with Crippen molar-refractivity contribution in [2.24, 2.45) is 0 Å². The van der Waals surface area contributed by atoms with Gasteiger partial charge in [-0.1, -0.05) is 6.92 Å². The van der Waals surface area contributed by atoms with Gasteiger partial charge in [0.1, 0.15) is 0 Å². The molecule has 0 rings (SSSR count). The van der Waals surface area contributed by atoms with E-state index in [1.54, 1.807) is 0 Å². The van der Waals surface area contributed by atoms with Crippen LogP contribution < -0.4 is 0 Å². The third-order valence-electron chi connectivity index (χ3n) is 0.248. The summed E-state index contributed by atoms with van der Waals surface area (Å²) in [7, 11) is -2.68. The Morgan fingerprint density at radius 3 is 2.50 bits per heavy atom. The van der Waals surface area contributed by atoms with Crippen molar-refractivity contribution in [1.82, 2.24) is 0 Å². The van der Waals surface area contributed by atoms with Gasteiger partial charge in [-0.2, -0.15) is 0 Å². The molecule has 0 spiro atoms. The third kappa shape index (κ3) is 10.7. The predicted octanol–water partition coefficient (Wildman–Crippen LogP) is 0.137. The van der Waals surface area contributed by atoms with Gasteiger partial charge in [0, 0.05) is 17.8 Å². The zero-order chi connectivity index (χ0) is 5.70. The molecule has 0 fully saturated rings. The van der Waals surface area contributed by atoms with Crippen LogP contribution in [0.2, 0.25) is 0 Å². The Bertz CT molecular complexity index is 70.3. The van der Waals surface area contributed by atoms with Gasteiger partial charge in [-0.15, -0.1) is 0 Å². The van der Waals surface area contributed by atoms with E-state index < -0.39 is 8.25 Å². The molecule has 3 nitrogen and oxygen atoms in total. The molecule has 0 aromatic rings. The Hall–Kier alpha value is 1.76. The summed E-state index contributed by atoms with van der Waals surface area (Å²) in [5.41, 5.74) is 0. The first kappa shape index (κ1) is 12.4. The van der Waals surface area contributed by atoms with Gasteiger partial charge in [-0.3, -0.25) is 4.57 Å². The molecule has 0 saturated carbocycles. The first-order chi connectivity index (χ1) is 3.27. The molecule has 1 unspecified atom stereocenters. The van der Waals surface area contributed by atoms with Crippen molar-refractivity contribution >= 4 is 58.0 Å². The molecule has 0 radical (unpaired) electrons. The molecule has 0 bridgehead atoms. The van der Waals surface area contributed by atoms with Crippen LogP contribution in [0.1, 0.15) is 6.92 Å². The van der Waals surface area contributed by atoms with Crippen molar-refractivity contribution in [2.75, 3.05) is 5.75 Å². The molecular weight excluding hydrogens is 175 g/mol. The van der Waals surface area contributed by atoms with E-state index in [0.717, 1.165) is 12.0 Å². The van der Waals surface area contributed by atoms with Crippen LogP contribution >= 0.6 is 20.3 Å². The third-order valence-corrected chi connectivity index (χ3v) is 1.53. The molecule has 0 aliphatic rings. The first-order valence-electron chi connectivity index (χ1n) is 1.79. The quantitative estimate of drug-likeness (QED) is 0.385. The van der Waals surface area contributed by atoms with Crippen LogP contribution in [-0.4, -0.2) is 48.4 Å². The van der Waals surface area contributed by atoms with Crippen LogP contribution in [0.5, 0.6) is 0 Å². The Morgan fingerprint density at radius 1 is 1.88 bits per heavy atom. The topological polar surface area (TPSA) is 46.5 Å². The van der Waals surface area contributed by atoms with Crippen molar-refractivity contribution in [3.63, 3.8) is 0 Å². The average Bonchev–Trinajstić information content (AvgIpc) is 1.61. The summed E-state index contributed by atoms with van der Waals surface area (Å²) in [6, 6.07) is 0. The normalized spacial score (nSPS) is 12.2. The predicted molar refractivity (Wildman–Crippen MR) is 39.0 cm³/mol. The minimum atomic E-state index is -2.68. The molecular formula is C2H9CaO3PS. The van der Waals surface area contributed by atoms with Gasteiger partial charge >= 0.3 is 46.0 Å². The Balaban J connectivity index is 0. The fraction of sp³-hybridized carbons (Fsp3) is 1.00. The summed E-state index contributed by atoms with van der Waals surface area (Å²) in [6.45, 7) is 1.84. The Morgan fingerprint density at radius 2 is 2.38 bits per heavy atom. The molecule has 0 heterocycles. The molecule has 6 heteroatoms. The van der Waals surface area contributed by atoms with Gasteiger partial charge in [0.15, 0.2) is 0 Å². The number of hydrogen-bond donors (Lipinski definition) is 1. The van der Waals surface area contributed by atoms with E-state index in [0.29, 0.717) is 5.75 Å². The van der Waals surface area contributed by atoms with Crippen LogP contribution in [0.25, 0.3) is 0 Å². The molecule has 1 N–H and O–H groups in total. The van der Waals surface area contributed by atoms with Crippen LogP contribution in [-0.2, 0) is 8.54 Å². The fourth-order valence-corrected chi connectivity index (χ4v) is 0.984. The van der Waals surface area contributed by atoms with Crippen LogP contribution in [0.3, 0.4) is 0 Å². The van der Waals surface area contributed by atoms with E-state index in [9.17, 15) is 4.57 Å². The van der Waals surface area contributed by atoms with Crippen molar-refractivity contribution in [3.05, 3.63) is 0 Å². The maximum absolute atomic E-state index is 9.70. The van der Waals surface area contributed by atoms with Crippen LogP contribution in [0.4, 0.5) is 0 Å². The molecule has 0 saturated heterocycles. The summed E-state index contributed by atoms with van der Waals surface area (Å²) < 4.78 is 13.9. The average molecular weight is 184 g/mol. The minimum absolute atomic E-state index is 0. The molecule has 0 aliphatic heterocycles. The van der Waals surface area contributed by atoms with Crippen LogP contribution in [0.15, 0.2) is 0 Å². The van der Waals surface area contributed by atoms with Gasteiger partial charge in [0.05, 0.1) is 0 Å². The summed E-state index contributed by atoms with van der Waals surface area (Å²) in [6.07, 6.45) is 0. The van der Waals surface area contributed by atoms with Crippen molar-refractivity contribution < 1.29 is 13.4 Å². The van der Waals surface area contributed by atoms with Gasteiger partial charge < -0.3 is 4.89 Å².